The molecule has 1 aromatic carbocycles. The molecule has 3 heterocycles. The summed E-state index contributed by atoms with van der Waals surface area (Å²) in [5, 5.41) is 8.08. The van der Waals surface area contributed by atoms with Gasteiger partial charge in [-0.3, -0.25) is 14.3 Å². The third kappa shape index (κ3) is 4.06. The van der Waals surface area contributed by atoms with Gasteiger partial charge < -0.3 is 10.2 Å². The number of anilines is 1. The van der Waals surface area contributed by atoms with Crippen LogP contribution >= 0.6 is 11.3 Å². The molecule has 3 aromatic rings. The monoisotopic (exact) mass is 397 g/mol. The van der Waals surface area contributed by atoms with E-state index in [2.05, 4.69) is 15.4 Å². The number of carbonyl (C=O) groups is 2. The molecule has 2 amide bonds. The zero-order chi connectivity index (χ0) is 19.7. The van der Waals surface area contributed by atoms with E-state index < -0.39 is 0 Å². The highest BCUT2D eigenvalue weighted by Crippen LogP contribution is 2.26. The number of fused-ring (bicyclic) bond motifs is 1. The van der Waals surface area contributed by atoms with Crippen LogP contribution in [-0.4, -0.2) is 44.6 Å². The van der Waals surface area contributed by atoms with Crippen molar-refractivity contribution in [3.8, 4) is 0 Å². The average Bonchev–Trinajstić information content (AvgIpc) is 3.26. The van der Waals surface area contributed by atoms with Gasteiger partial charge in [0, 0.05) is 38.4 Å². The quantitative estimate of drug-likeness (QED) is 0.733. The smallest absolute Gasteiger partial charge is 0.257 e. The largest absolute Gasteiger partial charge is 0.339 e. The van der Waals surface area contributed by atoms with Gasteiger partial charge in [0.25, 0.3) is 5.91 Å². The second kappa shape index (κ2) is 7.71. The lowest BCUT2D eigenvalue weighted by atomic mass is 9.93. The van der Waals surface area contributed by atoms with E-state index in [4.69, 9.17) is 0 Å². The van der Waals surface area contributed by atoms with Crippen LogP contribution in [-0.2, 0) is 11.8 Å². The zero-order valence-electron chi connectivity index (χ0n) is 16.0. The molecule has 0 radical (unpaired) electrons. The predicted octanol–water partition coefficient (Wildman–Crippen LogP) is 3.22. The number of rotatable bonds is 4. The zero-order valence-corrected chi connectivity index (χ0v) is 16.8. The van der Waals surface area contributed by atoms with Crippen LogP contribution < -0.4 is 5.32 Å². The Kier molecular flexibility index (Phi) is 5.13. The Morgan fingerprint density at radius 3 is 2.79 bits per heavy atom. The number of benzene rings is 1. The Bertz CT molecular complexity index is 1020. The molecule has 0 saturated carbocycles. The molecule has 146 valence electrons. The Morgan fingerprint density at radius 1 is 1.29 bits per heavy atom. The molecule has 2 aromatic heterocycles. The Morgan fingerprint density at radius 2 is 2.07 bits per heavy atom. The van der Waals surface area contributed by atoms with Crippen LogP contribution in [0.3, 0.4) is 0 Å². The van der Waals surface area contributed by atoms with Gasteiger partial charge in [0.2, 0.25) is 5.91 Å². The molecule has 8 heteroatoms. The van der Waals surface area contributed by atoms with Crippen molar-refractivity contribution in [1.29, 1.82) is 0 Å². The fourth-order valence-corrected chi connectivity index (χ4v) is 4.51. The van der Waals surface area contributed by atoms with Gasteiger partial charge in [0.1, 0.15) is 0 Å². The van der Waals surface area contributed by atoms with Crippen LogP contribution in [0, 0.1) is 12.8 Å². The van der Waals surface area contributed by atoms with Gasteiger partial charge in [0.05, 0.1) is 27.0 Å². The van der Waals surface area contributed by atoms with Crippen LogP contribution in [0.2, 0.25) is 0 Å². The Hall–Kier alpha value is -2.74. The van der Waals surface area contributed by atoms with Gasteiger partial charge >= 0.3 is 0 Å². The number of piperidine rings is 1. The molecule has 28 heavy (non-hydrogen) atoms. The maximum absolute atomic E-state index is 12.5. The van der Waals surface area contributed by atoms with Crippen molar-refractivity contribution in [3.63, 3.8) is 0 Å². The van der Waals surface area contributed by atoms with E-state index in [9.17, 15) is 9.59 Å². The number of hydrogen-bond acceptors (Lipinski definition) is 5. The molecular weight excluding hydrogens is 374 g/mol. The highest BCUT2D eigenvalue weighted by Gasteiger charge is 2.25. The summed E-state index contributed by atoms with van der Waals surface area (Å²) < 4.78 is 2.72. The lowest BCUT2D eigenvalue weighted by Crippen LogP contribution is -2.39. The highest BCUT2D eigenvalue weighted by molar-refractivity contribution is 7.18. The van der Waals surface area contributed by atoms with Gasteiger partial charge in [-0.05, 0) is 43.9 Å². The Labute approximate surface area is 167 Å². The van der Waals surface area contributed by atoms with E-state index in [1.807, 2.05) is 30.0 Å². The lowest BCUT2D eigenvalue weighted by Gasteiger charge is -2.31. The fraction of sp³-hybridized carbons (Fsp3) is 0.400. The van der Waals surface area contributed by atoms with Crippen molar-refractivity contribution < 1.29 is 9.59 Å². The molecule has 4 rings (SSSR count). The number of nitrogens with one attached hydrogen (secondary N) is 1. The lowest BCUT2D eigenvalue weighted by molar-refractivity contribution is -0.117. The van der Waals surface area contributed by atoms with E-state index in [0.717, 1.165) is 33.8 Å². The van der Waals surface area contributed by atoms with Crippen LogP contribution in [0.15, 0.2) is 30.6 Å². The topological polar surface area (TPSA) is 80.1 Å². The van der Waals surface area contributed by atoms with Gasteiger partial charge in [-0.1, -0.05) is 0 Å². The van der Waals surface area contributed by atoms with Crippen molar-refractivity contribution in [2.45, 2.75) is 26.2 Å². The fourth-order valence-electron chi connectivity index (χ4n) is 3.65. The molecule has 1 saturated heterocycles. The Balaban J connectivity index is 1.29. The SMILES string of the molecule is Cc1nc2ccc(NC(=O)CC3CCN(C(=O)c4cnn(C)c4)CC3)cc2s1. The second-order valence-electron chi connectivity index (χ2n) is 7.31. The van der Waals surface area contributed by atoms with Crippen LogP contribution in [0.5, 0.6) is 0 Å². The van der Waals surface area contributed by atoms with E-state index >= 15 is 0 Å². The number of hydrogen-bond donors (Lipinski definition) is 1. The number of aryl methyl sites for hydroxylation is 2. The summed E-state index contributed by atoms with van der Waals surface area (Å²) in [7, 11) is 1.80. The highest BCUT2D eigenvalue weighted by atomic mass is 32.1. The van der Waals surface area contributed by atoms with Gasteiger partial charge in [-0.2, -0.15) is 5.10 Å². The van der Waals surface area contributed by atoms with Crippen LogP contribution in [0.25, 0.3) is 10.2 Å². The minimum Gasteiger partial charge on any atom is -0.339 e. The first-order valence-electron chi connectivity index (χ1n) is 9.43. The first-order chi connectivity index (χ1) is 13.5. The predicted molar refractivity (Wildman–Crippen MR) is 109 cm³/mol. The second-order valence-corrected chi connectivity index (χ2v) is 8.54. The minimum atomic E-state index is 0.0177. The van der Waals surface area contributed by atoms with Gasteiger partial charge in [-0.15, -0.1) is 11.3 Å². The number of carbonyl (C=O) groups excluding carboxylic acids is 2. The van der Waals surface area contributed by atoms with E-state index in [0.29, 0.717) is 31.0 Å². The van der Waals surface area contributed by atoms with Crippen molar-refractivity contribution in [1.82, 2.24) is 19.7 Å². The molecule has 1 aliphatic heterocycles. The summed E-state index contributed by atoms with van der Waals surface area (Å²) in [6, 6.07) is 5.82. The molecule has 0 bridgehead atoms. The summed E-state index contributed by atoms with van der Waals surface area (Å²) in [5.74, 6) is 0.342. The van der Waals surface area contributed by atoms with Crippen molar-refractivity contribution >= 4 is 39.1 Å². The molecule has 7 nitrogen and oxygen atoms in total. The van der Waals surface area contributed by atoms with Crippen LogP contribution in [0.4, 0.5) is 5.69 Å². The van der Waals surface area contributed by atoms with E-state index in [1.54, 1.807) is 35.5 Å². The maximum atomic E-state index is 12.5. The maximum Gasteiger partial charge on any atom is 0.257 e. The molecule has 1 aliphatic rings. The number of aromatic nitrogens is 3. The third-order valence-corrected chi connectivity index (χ3v) is 6.04. The third-order valence-electron chi connectivity index (χ3n) is 5.11. The molecular formula is C20H23N5O2S. The standard InChI is InChI=1S/C20H23N5O2S/c1-13-22-17-4-3-16(10-18(17)28-13)23-19(26)9-14-5-7-25(8-6-14)20(27)15-11-21-24(2)12-15/h3-4,10-12,14H,5-9H2,1-2H3,(H,23,26). The van der Waals surface area contributed by atoms with Crippen molar-refractivity contribution in [2.75, 3.05) is 18.4 Å². The minimum absolute atomic E-state index is 0.0177. The van der Waals surface area contributed by atoms with Crippen LogP contribution in [0.1, 0.15) is 34.6 Å². The van der Waals surface area contributed by atoms with E-state index in [-0.39, 0.29) is 11.8 Å². The number of amides is 2. The van der Waals surface area contributed by atoms with E-state index in [1.165, 1.54) is 0 Å². The molecule has 0 spiro atoms. The molecule has 1 fully saturated rings. The first kappa shape index (κ1) is 18.6. The first-order valence-corrected chi connectivity index (χ1v) is 10.2. The summed E-state index contributed by atoms with van der Waals surface area (Å²) in [6.07, 6.45) is 5.50. The molecule has 1 N–H and O–H groups in total. The number of nitrogens with zero attached hydrogens (tertiary/aromatic N) is 4. The van der Waals surface area contributed by atoms with Gasteiger partial charge in [-0.25, -0.2) is 4.98 Å². The molecule has 0 atom stereocenters. The normalized spacial score (nSPS) is 15.1. The summed E-state index contributed by atoms with van der Waals surface area (Å²) in [5.41, 5.74) is 2.39. The summed E-state index contributed by atoms with van der Waals surface area (Å²) in [6.45, 7) is 3.34. The van der Waals surface area contributed by atoms with Gasteiger partial charge in [0.15, 0.2) is 0 Å². The molecule has 0 unspecified atom stereocenters. The molecule has 0 aliphatic carbocycles. The summed E-state index contributed by atoms with van der Waals surface area (Å²) in [4.78, 5) is 31.2. The van der Waals surface area contributed by atoms with Crippen molar-refractivity contribution in [3.05, 3.63) is 41.2 Å². The number of thiazole rings is 1. The summed E-state index contributed by atoms with van der Waals surface area (Å²) >= 11 is 1.63. The number of likely N-dealkylation sites (tertiary alicyclic amines) is 1. The van der Waals surface area contributed by atoms with Crippen molar-refractivity contribution in [2.24, 2.45) is 13.0 Å². The average molecular weight is 398 g/mol.